The molecule has 0 atom stereocenters. The highest BCUT2D eigenvalue weighted by Crippen LogP contribution is 2.32. The van der Waals surface area contributed by atoms with E-state index < -0.39 is 22.8 Å². The number of hydrogen-bond donors (Lipinski definition) is 1. The van der Waals surface area contributed by atoms with Gasteiger partial charge < -0.3 is 14.7 Å². The Balaban J connectivity index is 1.72. The van der Waals surface area contributed by atoms with Gasteiger partial charge in [0.05, 0.1) is 48.3 Å². The standard InChI is InChI=1S/C22H16FN5O4/c1-32-20-8-25-19(7-26-20)28-10-14(22(30)31)21(29)13-5-15(23)18(6-17(13)28)27-9-12-3-2-4-24-16(12)11-27/h2-8,10H,9,11H2,1H3,(H,30,31). The fraction of sp³-hybridized carbons (Fsp3) is 0.136. The molecule has 4 aromatic rings. The van der Waals surface area contributed by atoms with Gasteiger partial charge in [0.25, 0.3) is 0 Å². The molecule has 5 rings (SSSR count). The number of hydrogen-bond acceptors (Lipinski definition) is 7. The minimum absolute atomic E-state index is 0.0707. The molecule has 160 valence electrons. The number of carbonyl (C=O) groups is 1. The zero-order valence-corrected chi connectivity index (χ0v) is 16.8. The first-order valence-electron chi connectivity index (χ1n) is 9.62. The number of benzene rings is 1. The van der Waals surface area contributed by atoms with Gasteiger partial charge in [-0.2, -0.15) is 0 Å². The number of rotatable bonds is 4. The quantitative estimate of drug-likeness (QED) is 0.523. The number of carboxylic acid groups (broad SMARTS) is 1. The van der Waals surface area contributed by atoms with Crippen molar-refractivity contribution in [2.75, 3.05) is 12.0 Å². The molecule has 32 heavy (non-hydrogen) atoms. The van der Waals surface area contributed by atoms with Crippen LogP contribution < -0.4 is 15.1 Å². The first-order chi connectivity index (χ1) is 15.5. The fourth-order valence-corrected chi connectivity index (χ4v) is 3.83. The number of fused-ring (bicyclic) bond motifs is 2. The molecular formula is C22H16FN5O4. The second kappa shape index (κ2) is 7.41. The van der Waals surface area contributed by atoms with E-state index in [9.17, 15) is 14.7 Å². The van der Waals surface area contributed by atoms with Crippen molar-refractivity contribution in [1.82, 2.24) is 19.5 Å². The summed E-state index contributed by atoms with van der Waals surface area (Å²) in [5.41, 5.74) is 1.15. The Labute approximate surface area is 180 Å². The van der Waals surface area contributed by atoms with Gasteiger partial charge in [-0.25, -0.2) is 19.2 Å². The minimum Gasteiger partial charge on any atom is -0.480 e. The van der Waals surface area contributed by atoms with Crippen molar-refractivity contribution >= 4 is 22.6 Å². The average Bonchev–Trinajstić information content (AvgIpc) is 3.23. The van der Waals surface area contributed by atoms with Crippen molar-refractivity contribution < 1.29 is 19.0 Å². The van der Waals surface area contributed by atoms with Gasteiger partial charge in [0.1, 0.15) is 11.4 Å². The number of anilines is 1. The van der Waals surface area contributed by atoms with Crippen LogP contribution in [0, 0.1) is 5.82 Å². The molecule has 4 heterocycles. The topological polar surface area (TPSA) is 110 Å². The Morgan fingerprint density at radius 3 is 2.72 bits per heavy atom. The van der Waals surface area contributed by atoms with Crippen molar-refractivity contribution in [1.29, 1.82) is 0 Å². The lowest BCUT2D eigenvalue weighted by atomic mass is 10.1. The Morgan fingerprint density at radius 2 is 2.03 bits per heavy atom. The third-order valence-electron chi connectivity index (χ3n) is 5.40. The maximum Gasteiger partial charge on any atom is 0.341 e. The number of halogens is 1. The van der Waals surface area contributed by atoms with Crippen LogP contribution in [0.15, 0.2) is 53.8 Å². The molecule has 1 aromatic carbocycles. The number of methoxy groups -OCH3 is 1. The van der Waals surface area contributed by atoms with Gasteiger partial charge in [0.2, 0.25) is 11.3 Å². The number of carboxylic acids is 1. The molecule has 10 heteroatoms. The molecule has 0 radical (unpaired) electrons. The molecule has 1 N–H and O–H groups in total. The van der Waals surface area contributed by atoms with Crippen molar-refractivity contribution in [2.45, 2.75) is 13.1 Å². The van der Waals surface area contributed by atoms with Crippen LogP contribution in [0.2, 0.25) is 0 Å². The predicted molar refractivity (Wildman–Crippen MR) is 113 cm³/mol. The fourth-order valence-electron chi connectivity index (χ4n) is 3.83. The van der Waals surface area contributed by atoms with Gasteiger partial charge in [0, 0.05) is 18.9 Å². The van der Waals surface area contributed by atoms with Gasteiger partial charge >= 0.3 is 5.97 Å². The third kappa shape index (κ3) is 3.13. The van der Waals surface area contributed by atoms with Crippen molar-refractivity contribution in [3.05, 3.63) is 81.9 Å². The number of nitrogens with zero attached hydrogens (tertiary/aromatic N) is 5. The van der Waals surface area contributed by atoms with Crippen LogP contribution in [0.25, 0.3) is 16.7 Å². The largest absolute Gasteiger partial charge is 0.480 e. The van der Waals surface area contributed by atoms with Crippen molar-refractivity contribution in [3.63, 3.8) is 0 Å². The Hall–Kier alpha value is -4.34. The van der Waals surface area contributed by atoms with Crippen LogP contribution >= 0.6 is 0 Å². The molecule has 1 aliphatic heterocycles. The van der Waals surface area contributed by atoms with Gasteiger partial charge in [0.15, 0.2) is 5.82 Å². The second-order valence-corrected chi connectivity index (χ2v) is 7.25. The lowest BCUT2D eigenvalue weighted by Gasteiger charge is -2.20. The van der Waals surface area contributed by atoms with Crippen LogP contribution in [0.5, 0.6) is 5.88 Å². The number of ether oxygens (including phenoxy) is 1. The average molecular weight is 433 g/mol. The van der Waals surface area contributed by atoms with E-state index in [4.69, 9.17) is 4.74 Å². The summed E-state index contributed by atoms with van der Waals surface area (Å²) in [6, 6.07) is 6.36. The first-order valence-corrected chi connectivity index (χ1v) is 9.62. The van der Waals surface area contributed by atoms with E-state index in [0.29, 0.717) is 18.6 Å². The Bertz CT molecular complexity index is 1410. The van der Waals surface area contributed by atoms with Gasteiger partial charge in [-0.15, -0.1) is 0 Å². The monoisotopic (exact) mass is 433 g/mol. The van der Waals surface area contributed by atoms with Gasteiger partial charge in [-0.1, -0.05) is 6.07 Å². The van der Waals surface area contributed by atoms with Crippen molar-refractivity contribution in [3.8, 4) is 11.7 Å². The molecule has 0 amide bonds. The van der Waals surface area contributed by atoms with E-state index in [1.165, 1.54) is 36.3 Å². The molecule has 9 nitrogen and oxygen atoms in total. The van der Waals surface area contributed by atoms with E-state index in [1.54, 1.807) is 6.20 Å². The molecule has 0 bridgehead atoms. The molecular weight excluding hydrogens is 417 g/mol. The summed E-state index contributed by atoms with van der Waals surface area (Å²) in [5, 5.41) is 9.43. The lowest BCUT2D eigenvalue weighted by Crippen LogP contribution is -2.21. The zero-order valence-electron chi connectivity index (χ0n) is 16.8. The summed E-state index contributed by atoms with van der Waals surface area (Å²) < 4.78 is 21.6. The zero-order chi connectivity index (χ0) is 22.4. The van der Waals surface area contributed by atoms with E-state index in [-0.39, 0.29) is 22.8 Å². The predicted octanol–water partition coefficient (Wildman–Crippen LogP) is 2.54. The Kier molecular flexibility index (Phi) is 4.54. The van der Waals surface area contributed by atoms with Gasteiger partial charge in [-0.3, -0.25) is 14.3 Å². The van der Waals surface area contributed by atoms with Crippen LogP contribution in [0.4, 0.5) is 10.1 Å². The van der Waals surface area contributed by atoms with Crippen LogP contribution in [-0.2, 0) is 13.1 Å². The summed E-state index contributed by atoms with van der Waals surface area (Å²) in [5.74, 6) is -1.52. The SMILES string of the molecule is COc1cnc(-n2cc(C(=O)O)c(=O)c3cc(F)c(N4Cc5cccnc5C4)cc32)cn1. The highest BCUT2D eigenvalue weighted by atomic mass is 19.1. The van der Waals surface area contributed by atoms with E-state index in [1.807, 2.05) is 17.0 Å². The van der Waals surface area contributed by atoms with E-state index >= 15 is 4.39 Å². The minimum atomic E-state index is -1.42. The molecule has 0 saturated heterocycles. The molecule has 3 aromatic heterocycles. The Morgan fingerprint density at radius 1 is 1.19 bits per heavy atom. The third-order valence-corrected chi connectivity index (χ3v) is 5.40. The smallest absolute Gasteiger partial charge is 0.341 e. The molecule has 0 spiro atoms. The summed E-state index contributed by atoms with van der Waals surface area (Å²) >= 11 is 0. The summed E-state index contributed by atoms with van der Waals surface area (Å²) in [6.07, 6.45) is 5.61. The molecule has 0 saturated carbocycles. The van der Waals surface area contributed by atoms with Crippen LogP contribution in [0.3, 0.4) is 0 Å². The van der Waals surface area contributed by atoms with Crippen LogP contribution in [0.1, 0.15) is 21.6 Å². The van der Waals surface area contributed by atoms with Crippen LogP contribution in [-0.4, -0.2) is 37.7 Å². The van der Waals surface area contributed by atoms with E-state index in [2.05, 4.69) is 15.0 Å². The maximum absolute atomic E-state index is 15.1. The lowest BCUT2D eigenvalue weighted by molar-refractivity contribution is 0.0695. The second-order valence-electron chi connectivity index (χ2n) is 7.25. The van der Waals surface area contributed by atoms with Crippen molar-refractivity contribution in [2.24, 2.45) is 0 Å². The highest BCUT2D eigenvalue weighted by molar-refractivity contribution is 5.94. The van der Waals surface area contributed by atoms with Gasteiger partial charge in [-0.05, 0) is 23.8 Å². The number of aromatic nitrogens is 4. The number of aromatic carboxylic acids is 1. The maximum atomic E-state index is 15.1. The first kappa shape index (κ1) is 19.6. The summed E-state index contributed by atoms with van der Waals surface area (Å²) in [4.78, 5) is 38.9. The summed E-state index contributed by atoms with van der Waals surface area (Å²) in [6.45, 7) is 0.879. The van der Waals surface area contributed by atoms with E-state index in [0.717, 1.165) is 17.3 Å². The number of pyridine rings is 2. The highest BCUT2D eigenvalue weighted by Gasteiger charge is 2.25. The molecule has 0 unspecified atom stereocenters. The molecule has 0 aliphatic carbocycles. The molecule has 1 aliphatic rings. The summed E-state index contributed by atoms with van der Waals surface area (Å²) in [7, 11) is 1.44. The molecule has 0 fully saturated rings. The normalized spacial score (nSPS) is 12.8.